The molecule has 28 heavy (non-hydrogen) atoms. The molecule has 0 amide bonds. The Morgan fingerprint density at radius 2 is 1.18 bits per heavy atom. The highest BCUT2D eigenvalue weighted by atomic mass is 16.3. The molecule has 5 heteroatoms. The van der Waals surface area contributed by atoms with Gasteiger partial charge in [-0.2, -0.15) is 0 Å². The molecule has 0 saturated heterocycles. The molecule has 0 aliphatic carbocycles. The Morgan fingerprint density at radius 3 is 1.68 bits per heavy atom. The Kier molecular flexibility index (Phi) is 5.08. The first-order valence-electron chi connectivity index (χ1n) is 9.04. The second-order valence-corrected chi connectivity index (χ2v) is 6.36. The summed E-state index contributed by atoms with van der Waals surface area (Å²) in [5.41, 5.74) is 3.13. The first-order chi connectivity index (χ1) is 13.7. The second-order valence-electron chi connectivity index (χ2n) is 6.36. The molecule has 1 aromatic heterocycles. The number of hydrogen-bond acceptors (Lipinski definition) is 5. The number of nitrogens with zero attached hydrogens (tertiary/aromatic N) is 3. The van der Waals surface area contributed by atoms with Crippen molar-refractivity contribution in [3.05, 3.63) is 84.4 Å². The van der Waals surface area contributed by atoms with Crippen LogP contribution < -0.4 is 0 Å². The number of phenols is 1. The summed E-state index contributed by atoms with van der Waals surface area (Å²) in [5, 5.41) is 19.6. The lowest BCUT2D eigenvalue weighted by molar-refractivity contribution is 0.299. The highest BCUT2D eigenvalue weighted by Gasteiger charge is 2.14. The molecule has 0 atom stereocenters. The van der Waals surface area contributed by atoms with E-state index in [1.54, 1.807) is 12.1 Å². The van der Waals surface area contributed by atoms with Crippen molar-refractivity contribution < 1.29 is 10.2 Å². The second kappa shape index (κ2) is 7.98. The van der Waals surface area contributed by atoms with Crippen LogP contribution in [0.15, 0.2) is 78.9 Å². The van der Waals surface area contributed by atoms with E-state index in [2.05, 4.69) is 15.0 Å². The fraction of sp³-hybridized carbons (Fsp3) is 0.0870. The van der Waals surface area contributed by atoms with E-state index in [0.717, 1.165) is 16.7 Å². The molecule has 0 bridgehead atoms. The summed E-state index contributed by atoms with van der Waals surface area (Å²) in [4.78, 5) is 13.8. The summed E-state index contributed by atoms with van der Waals surface area (Å²) < 4.78 is 0. The SMILES string of the molecule is OCCc1ccc(-c2nc(-c3ccccc3)nc(-c3ccccc3)n2)c(O)c1. The molecule has 1 heterocycles. The minimum Gasteiger partial charge on any atom is -0.507 e. The quantitative estimate of drug-likeness (QED) is 0.553. The van der Waals surface area contributed by atoms with Crippen LogP contribution in [-0.4, -0.2) is 31.8 Å². The Morgan fingerprint density at radius 1 is 0.643 bits per heavy atom. The fourth-order valence-corrected chi connectivity index (χ4v) is 2.98. The van der Waals surface area contributed by atoms with Gasteiger partial charge in [-0.25, -0.2) is 15.0 Å². The van der Waals surface area contributed by atoms with Crippen molar-refractivity contribution in [2.24, 2.45) is 0 Å². The predicted molar refractivity (Wildman–Crippen MR) is 109 cm³/mol. The normalized spacial score (nSPS) is 10.8. The average molecular weight is 369 g/mol. The van der Waals surface area contributed by atoms with E-state index in [0.29, 0.717) is 29.5 Å². The maximum atomic E-state index is 10.5. The lowest BCUT2D eigenvalue weighted by Crippen LogP contribution is -2.00. The van der Waals surface area contributed by atoms with Crippen LogP contribution in [0, 0.1) is 0 Å². The molecular formula is C23H19N3O2. The van der Waals surface area contributed by atoms with Crippen LogP contribution in [0.4, 0.5) is 0 Å². The van der Waals surface area contributed by atoms with E-state index >= 15 is 0 Å². The third-order valence-electron chi connectivity index (χ3n) is 4.40. The van der Waals surface area contributed by atoms with Crippen LogP contribution in [0.3, 0.4) is 0 Å². The van der Waals surface area contributed by atoms with Gasteiger partial charge in [-0.15, -0.1) is 0 Å². The number of aromatic hydroxyl groups is 1. The molecule has 0 radical (unpaired) electrons. The largest absolute Gasteiger partial charge is 0.507 e. The lowest BCUT2D eigenvalue weighted by Gasteiger charge is -2.10. The van der Waals surface area contributed by atoms with Gasteiger partial charge in [0.1, 0.15) is 5.75 Å². The predicted octanol–water partition coefficient (Wildman–Crippen LogP) is 4.11. The zero-order valence-corrected chi connectivity index (χ0v) is 15.2. The third kappa shape index (κ3) is 3.75. The van der Waals surface area contributed by atoms with Gasteiger partial charge in [-0.1, -0.05) is 66.7 Å². The topological polar surface area (TPSA) is 79.1 Å². The number of phenolic OH excluding ortho intramolecular Hbond substituents is 1. The van der Waals surface area contributed by atoms with Crippen LogP contribution in [0.25, 0.3) is 34.2 Å². The number of rotatable bonds is 5. The van der Waals surface area contributed by atoms with Gasteiger partial charge in [0, 0.05) is 17.7 Å². The molecule has 2 N–H and O–H groups in total. The molecular weight excluding hydrogens is 350 g/mol. The van der Waals surface area contributed by atoms with Crippen molar-refractivity contribution in [3.63, 3.8) is 0 Å². The third-order valence-corrected chi connectivity index (χ3v) is 4.40. The molecule has 0 aliphatic rings. The highest BCUT2D eigenvalue weighted by Crippen LogP contribution is 2.30. The zero-order valence-electron chi connectivity index (χ0n) is 15.2. The van der Waals surface area contributed by atoms with Gasteiger partial charge in [0.15, 0.2) is 17.5 Å². The smallest absolute Gasteiger partial charge is 0.167 e. The Labute approximate surface area is 163 Å². The first kappa shape index (κ1) is 17.8. The number of benzene rings is 3. The van der Waals surface area contributed by atoms with E-state index in [4.69, 9.17) is 5.11 Å². The molecule has 138 valence electrons. The van der Waals surface area contributed by atoms with E-state index in [1.165, 1.54) is 0 Å². The maximum Gasteiger partial charge on any atom is 0.167 e. The Hall–Kier alpha value is -3.57. The fourth-order valence-electron chi connectivity index (χ4n) is 2.98. The monoisotopic (exact) mass is 369 g/mol. The number of aliphatic hydroxyl groups is 1. The van der Waals surface area contributed by atoms with Gasteiger partial charge in [0.25, 0.3) is 0 Å². The van der Waals surface area contributed by atoms with E-state index in [-0.39, 0.29) is 12.4 Å². The first-order valence-corrected chi connectivity index (χ1v) is 9.04. The summed E-state index contributed by atoms with van der Waals surface area (Å²) in [6, 6.07) is 24.7. The van der Waals surface area contributed by atoms with Crippen molar-refractivity contribution in [1.82, 2.24) is 15.0 Å². The summed E-state index contributed by atoms with van der Waals surface area (Å²) in [5.74, 6) is 1.57. The molecule has 0 fully saturated rings. The number of aliphatic hydroxyl groups excluding tert-OH is 1. The van der Waals surface area contributed by atoms with E-state index in [9.17, 15) is 5.11 Å². The lowest BCUT2D eigenvalue weighted by atomic mass is 10.1. The molecule has 0 spiro atoms. The van der Waals surface area contributed by atoms with E-state index in [1.807, 2.05) is 66.7 Å². The van der Waals surface area contributed by atoms with Crippen LogP contribution in [0.1, 0.15) is 5.56 Å². The number of hydrogen-bond donors (Lipinski definition) is 2. The van der Waals surface area contributed by atoms with Crippen molar-refractivity contribution in [3.8, 4) is 39.9 Å². The summed E-state index contributed by atoms with van der Waals surface area (Å²) in [6.07, 6.45) is 0.482. The average Bonchev–Trinajstić information content (AvgIpc) is 2.75. The van der Waals surface area contributed by atoms with Crippen LogP contribution in [0.5, 0.6) is 5.75 Å². The molecule has 0 saturated carbocycles. The molecule has 0 aliphatic heterocycles. The van der Waals surface area contributed by atoms with Gasteiger partial charge in [-0.05, 0) is 24.1 Å². The standard InChI is InChI=1S/C23H19N3O2/c27-14-13-16-11-12-19(20(28)15-16)23-25-21(17-7-3-1-4-8-17)24-22(26-23)18-9-5-2-6-10-18/h1-12,15,27-28H,13-14H2. The highest BCUT2D eigenvalue weighted by molar-refractivity contribution is 5.69. The van der Waals surface area contributed by atoms with Crippen molar-refractivity contribution in [2.75, 3.05) is 6.61 Å². The van der Waals surface area contributed by atoms with Gasteiger partial charge in [-0.3, -0.25) is 0 Å². The molecule has 4 rings (SSSR count). The maximum absolute atomic E-state index is 10.5. The number of aromatic nitrogens is 3. The molecule has 0 unspecified atom stereocenters. The zero-order chi connectivity index (χ0) is 19.3. The summed E-state index contributed by atoms with van der Waals surface area (Å²) >= 11 is 0. The van der Waals surface area contributed by atoms with E-state index < -0.39 is 0 Å². The Balaban J connectivity index is 1.87. The minimum atomic E-state index is 0.0286. The van der Waals surface area contributed by atoms with Crippen LogP contribution in [0.2, 0.25) is 0 Å². The summed E-state index contributed by atoms with van der Waals surface area (Å²) in [6.45, 7) is 0.0286. The van der Waals surface area contributed by atoms with Crippen LogP contribution in [-0.2, 0) is 6.42 Å². The van der Waals surface area contributed by atoms with Gasteiger partial charge >= 0.3 is 0 Å². The molecule has 5 nitrogen and oxygen atoms in total. The Bertz CT molecular complexity index is 1030. The van der Waals surface area contributed by atoms with Crippen molar-refractivity contribution >= 4 is 0 Å². The van der Waals surface area contributed by atoms with Gasteiger partial charge in [0.2, 0.25) is 0 Å². The minimum absolute atomic E-state index is 0.0286. The summed E-state index contributed by atoms with van der Waals surface area (Å²) in [7, 11) is 0. The van der Waals surface area contributed by atoms with Crippen molar-refractivity contribution in [2.45, 2.75) is 6.42 Å². The van der Waals surface area contributed by atoms with Gasteiger partial charge in [0.05, 0.1) is 5.56 Å². The van der Waals surface area contributed by atoms with Crippen LogP contribution >= 0.6 is 0 Å². The van der Waals surface area contributed by atoms with Gasteiger partial charge < -0.3 is 10.2 Å². The molecule has 3 aromatic carbocycles. The molecule has 4 aromatic rings. The van der Waals surface area contributed by atoms with Crippen molar-refractivity contribution in [1.29, 1.82) is 0 Å².